The van der Waals surface area contributed by atoms with E-state index in [2.05, 4.69) is 6.58 Å². The Morgan fingerprint density at radius 2 is 2.09 bits per heavy atom. The molecule has 0 heterocycles. The number of hydrogen-bond acceptors (Lipinski definition) is 1. The maximum atomic E-state index is 11.2. The van der Waals surface area contributed by atoms with Gasteiger partial charge in [0.05, 0.1) is 0 Å². The predicted molar refractivity (Wildman–Crippen MR) is 44.2 cm³/mol. The number of carbonyl (C=O) groups is 1. The first-order chi connectivity index (χ1) is 5.29. The van der Waals surface area contributed by atoms with Crippen molar-refractivity contribution in [1.29, 1.82) is 0 Å². The van der Waals surface area contributed by atoms with Gasteiger partial charge in [0.15, 0.2) is 5.78 Å². The Balaban J connectivity index is 2.18. The van der Waals surface area contributed by atoms with Gasteiger partial charge in [0, 0.05) is 6.42 Å². The summed E-state index contributed by atoms with van der Waals surface area (Å²) < 4.78 is 0. The van der Waals surface area contributed by atoms with Crippen molar-refractivity contribution in [3.8, 4) is 0 Å². The van der Waals surface area contributed by atoms with Crippen LogP contribution < -0.4 is 0 Å². The fourth-order valence-electron chi connectivity index (χ4n) is 2.52. The Morgan fingerprint density at radius 1 is 1.27 bits per heavy atom. The summed E-state index contributed by atoms with van der Waals surface area (Å²) in [6, 6.07) is 0. The summed E-state index contributed by atoms with van der Waals surface area (Å²) in [5.41, 5.74) is 0.929. The number of fused-ring (bicyclic) bond motifs is 1. The number of carbonyl (C=O) groups excluding carboxylic acids is 1. The van der Waals surface area contributed by atoms with Crippen molar-refractivity contribution in [3.63, 3.8) is 0 Å². The van der Waals surface area contributed by atoms with Gasteiger partial charge in [-0.2, -0.15) is 0 Å². The lowest BCUT2D eigenvalue weighted by molar-refractivity contribution is -0.117. The minimum atomic E-state index is 0.327. The molecule has 2 aliphatic carbocycles. The molecular formula is C10H14O. The third-order valence-corrected chi connectivity index (χ3v) is 3.21. The molecular weight excluding hydrogens is 136 g/mol. The molecule has 11 heavy (non-hydrogen) atoms. The first kappa shape index (κ1) is 7.08. The molecule has 0 aliphatic heterocycles. The fourth-order valence-corrected chi connectivity index (χ4v) is 2.52. The van der Waals surface area contributed by atoms with Crippen molar-refractivity contribution >= 4 is 5.78 Å². The summed E-state index contributed by atoms with van der Waals surface area (Å²) in [4.78, 5) is 11.2. The first-order valence-corrected chi connectivity index (χ1v) is 4.51. The molecule has 1 heteroatoms. The van der Waals surface area contributed by atoms with Crippen LogP contribution in [-0.2, 0) is 4.79 Å². The average molecular weight is 150 g/mol. The van der Waals surface area contributed by atoms with E-state index in [1.54, 1.807) is 0 Å². The van der Waals surface area contributed by atoms with Crippen molar-refractivity contribution in [1.82, 2.24) is 0 Å². The molecule has 1 nitrogen and oxygen atoms in total. The van der Waals surface area contributed by atoms with Crippen LogP contribution in [0.5, 0.6) is 0 Å². The van der Waals surface area contributed by atoms with Crippen LogP contribution in [-0.4, -0.2) is 5.78 Å². The minimum absolute atomic E-state index is 0.327. The van der Waals surface area contributed by atoms with Crippen molar-refractivity contribution < 1.29 is 4.79 Å². The van der Waals surface area contributed by atoms with Crippen LogP contribution in [0.3, 0.4) is 0 Å². The molecule has 0 aromatic carbocycles. The van der Waals surface area contributed by atoms with E-state index in [4.69, 9.17) is 0 Å². The molecule has 60 valence electrons. The van der Waals surface area contributed by atoms with E-state index in [0.29, 0.717) is 11.7 Å². The number of ketones is 1. The van der Waals surface area contributed by atoms with E-state index in [0.717, 1.165) is 24.3 Å². The van der Waals surface area contributed by atoms with Gasteiger partial charge in [0.1, 0.15) is 0 Å². The second-order valence-electron chi connectivity index (χ2n) is 3.78. The monoisotopic (exact) mass is 150 g/mol. The molecule has 0 aromatic heterocycles. The highest BCUT2D eigenvalue weighted by molar-refractivity contribution is 5.96. The standard InChI is InChI=1S/C10H14O/c1-7-9-4-2-3-8(9)5-6-10(7)11/h8-9H,1-6H2/t8-,9+/m0/s1. The summed E-state index contributed by atoms with van der Waals surface area (Å²) in [5, 5.41) is 0. The lowest BCUT2D eigenvalue weighted by atomic mass is 9.78. The molecule has 2 rings (SSSR count). The van der Waals surface area contributed by atoms with Gasteiger partial charge < -0.3 is 0 Å². The molecule has 2 saturated carbocycles. The number of rotatable bonds is 0. The molecule has 0 saturated heterocycles. The summed E-state index contributed by atoms with van der Waals surface area (Å²) in [5.74, 6) is 1.70. The molecule has 0 amide bonds. The Hall–Kier alpha value is -0.590. The molecule has 2 atom stereocenters. The normalized spacial score (nSPS) is 37.5. The first-order valence-electron chi connectivity index (χ1n) is 4.51. The van der Waals surface area contributed by atoms with Gasteiger partial charge in [0.2, 0.25) is 0 Å². The highest BCUT2D eigenvalue weighted by Crippen LogP contribution is 2.42. The van der Waals surface area contributed by atoms with Gasteiger partial charge in [-0.3, -0.25) is 4.79 Å². The van der Waals surface area contributed by atoms with E-state index < -0.39 is 0 Å². The van der Waals surface area contributed by atoms with Crippen LogP contribution in [0, 0.1) is 11.8 Å². The van der Waals surface area contributed by atoms with Gasteiger partial charge >= 0.3 is 0 Å². The fraction of sp³-hybridized carbons (Fsp3) is 0.700. The van der Waals surface area contributed by atoms with Crippen LogP contribution >= 0.6 is 0 Å². The quantitative estimate of drug-likeness (QED) is 0.484. The SMILES string of the molecule is C=C1C(=O)CC[C@@H]2CCC[C@H]12. The summed E-state index contributed by atoms with van der Waals surface area (Å²) in [6.45, 7) is 3.89. The van der Waals surface area contributed by atoms with Crippen molar-refractivity contribution in [3.05, 3.63) is 12.2 Å². The molecule has 2 fully saturated rings. The highest BCUT2D eigenvalue weighted by atomic mass is 16.1. The summed E-state index contributed by atoms with van der Waals surface area (Å²) >= 11 is 0. The highest BCUT2D eigenvalue weighted by Gasteiger charge is 2.35. The van der Waals surface area contributed by atoms with Crippen LogP contribution in [0.15, 0.2) is 12.2 Å². The topological polar surface area (TPSA) is 17.1 Å². The van der Waals surface area contributed by atoms with E-state index in [-0.39, 0.29) is 0 Å². The number of allylic oxidation sites excluding steroid dienone is 1. The zero-order valence-corrected chi connectivity index (χ0v) is 6.81. The summed E-state index contributed by atoms with van der Waals surface area (Å²) in [7, 11) is 0. The molecule has 0 spiro atoms. The second kappa shape index (κ2) is 2.47. The lowest BCUT2D eigenvalue weighted by Gasteiger charge is -2.25. The molecule has 2 aliphatic rings. The zero-order chi connectivity index (χ0) is 7.84. The van der Waals surface area contributed by atoms with E-state index >= 15 is 0 Å². The minimum Gasteiger partial charge on any atom is -0.295 e. The van der Waals surface area contributed by atoms with Crippen molar-refractivity contribution in [2.24, 2.45) is 11.8 Å². The Labute approximate surface area is 67.5 Å². The predicted octanol–water partition coefficient (Wildman–Crippen LogP) is 2.32. The maximum absolute atomic E-state index is 11.2. The Morgan fingerprint density at radius 3 is 2.91 bits per heavy atom. The Kier molecular flexibility index (Phi) is 1.59. The van der Waals surface area contributed by atoms with Gasteiger partial charge in [-0.25, -0.2) is 0 Å². The molecule has 0 N–H and O–H groups in total. The Bertz CT molecular complexity index is 205. The maximum Gasteiger partial charge on any atom is 0.158 e. The number of Topliss-reactive ketones (excluding diaryl/α,β-unsaturated/α-hetero) is 1. The van der Waals surface area contributed by atoms with Crippen LogP contribution in [0.25, 0.3) is 0 Å². The van der Waals surface area contributed by atoms with Gasteiger partial charge in [-0.1, -0.05) is 13.0 Å². The van der Waals surface area contributed by atoms with E-state index in [9.17, 15) is 4.79 Å². The van der Waals surface area contributed by atoms with Gasteiger partial charge in [-0.05, 0) is 36.7 Å². The molecule has 0 aromatic rings. The lowest BCUT2D eigenvalue weighted by Crippen LogP contribution is -2.22. The van der Waals surface area contributed by atoms with Gasteiger partial charge in [0.25, 0.3) is 0 Å². The summed E-state index contributed by atoms with van der Waals surface area (Å²) in [6.07, 6.45) is 5.75. The average Bonchev–Trinajstić information content (AvgIpc) is 2.45. The van der Waals surface area contributed by atoms with Crippen LogP contribution in [0.2, 0.25) is 0 Å². The van der Waals surface area contributed by atoms with Crippen molar-refractivity contribution in [2.75, 3.05) is 0 Å². The molecule has 0 unspecified atom stereocenters. The number of hydrogen-bond donors (Lipinski definition) is 0. The third-order valence-electron chi connectivity index (χ3n) is 3.21. The third kappa shape index (κ3) is 1.03. The van der Waals surface area contributed by atoms with Crippen LogP contribution in [0.4, 0.5) is 0 Å². The zero-order valence-electron chi connectivity index (χ0n) is 6.81. The van der Waals surface area contributed by atoms with E-state index in [1.165, 1.54) is 19.3 Å². The largest absolute Gasteiger partial charge is 0.295 e. The van der Waals surface area contributed by atoms with Crippen molar-refractivity contribution in [2.45, 2.75) is 32.1 Å². The molecule has 0 radical (unpaired) electrons. The molecule has 0 bridgehead atoms. The smallest absolute Gasteiger partial charge is 0.158 e. The van der Waals surface area contributed by atoms with Gasteiger partial charge in [-0.15, -0.1) is 0 Å². The van der Waals surface area contributed by atoms with E-state index in [1.807, 2.05) is 0 Å². The second-order valence-corrected chi connectivity index (χ2v) is 3.78. The van der Waals surface area contributed by atoms with Crippen LogP contribution in [0.1, 0.15) is 32.1 Å².